The van der Waals surface area contributed by atoms with Crippen molar-refractivity contribution in [3.05, 3.63) is 0 Å². The highest BCUT2D eigenvalue weighted by atomic mass is 15.6. The summed E-state index contributed by atoms with van der Waals surface area (Å²) in [6.45, 7) is 2.22. The summed E-state index contributed by atoms with van der Waals surface area (Å²) in [5.41, 5.74) is 0. The molecule has 3 heteroatoms. The highest BCUT2D eigenvalue weighted by Crippen LogP contribution is 2.13. The number of nitrogens with zero attached hydrogens (tertiary/aromatic N) is 3. The molecular weight excluding hydrogens is 138 g/mol. The molecule has 0 spiro atoms. The minimum atomic E-state index is 0.495. The van der Waals surface area contributed by atoms with Gasteiger partial charge in [0, 0.05) is 14.1 Å². The summed E-state index contributed by atoms with van der Waals surface area (Å²) in [5.74, 6) is 0. The normalized spacial score (nSPS) is 23.4. The van der Waals surface area contributed by atoms with Crippen LogP contribution in [-0.4, -0.2) is 36.5 Å². The van der Waals surface area contributed by atoms with Gasteiger partial charge in [-0.05, 0) is 12.8 Å². The first-order valence-electron chi connectivity index (χ1n) is 4.24. The Labute approximate surface area is 68.7 Å². The van der Waals surface area contributed by atoms with Crippen LogP contribution < -0.4 is 0 Å². The third-order valence-corrected chi connectivity index (χ3v) is 2.13. The molecule has 0 bridgehead atoms. The fourth-order valence-electron chi connectivity index (χ4n) is 1.36. The van der Waals surface area contributed by atoms with Crippen LogP contribution in [0.15, 0.2) is 5.10 Å². The Kier molecular flexibility index (Phi) is 2.74. The maximum Gasteiger partial charge on any atom is 0.118 e. The number of rotatable bonds is 3. The molecule has 64 valence electrons. The van der Waals surface area contributed by atoms with Gasteiger partial charge >= 0.3 is 0 Å². The van der Waals surface area contributed by atoms with Crippen LogP contribution >= 0.6 is 0 Å². The quantitative estimate of drug-likeness (QED) is 0.612. The van der Waals surface area contributed by atoms with Gasteiger partial charge in [0.05, 0.1) is 0 Å². The molecule has 1 rings (SSSR count). The van der Waals surface area contributed by atoms with Crippen LogP contribution in [0.25, 0.3) is 0 Å². The van der Waals surface area contributed by atoms with Gasteiger partial charge in [0.15, 0.2) is 0 Å². The predicted octanol–water partition coefficient (Wildman–Crippen LogP) is 1.32. The number of hydrogen-bond donors (Lipinski definition) is 0. The Morgan fingerprint density at radius 2 is 2.18 bits per heavy atom. The molecule has 3 nitrogen and oxygen atoms in total. The van der Waals surface area contributed by atoms with Crippen molar-refractivity contribution in [1.82, 2.24) is 9.91 Å². The summed E-state index contributed by atoms with van der Waals surface area (Å²) in [4.78, 5) is 2.16. The maximum absolute atomic E-state index is 4.19. The highest BCUT2D eigenvalue weighted by Gasteiger charge is 2.20. The van der Waals surface area contributed by atoms with Gasteiger partial charge in [0.25, 0.3) is 0 Å². The van der Waals surface area contributed by atoms with Gasteiger partial charge in [-0.1, -0.05) is 13.3 Å². The van der Waals surface area contributed by atoms with Crippen molar-refractivity contribution in [1.29, 1.82) is 0 Å². The van der Waals surface area contributed by atoms with E-state index in [0.29, 0.717) is 6.17 Å². The summed E-state index contributed by atoms with van der Waals surface area (Å²) in [7, 11) is 4.10. The van der Waals surface area contributed by atoms with E-state index in [4.69, 9.17) is 0 Å². The van der Waals surface area contributed by atoms with Gasteiger partial charge in [0.2, 0.25) is 0 Å². The predicted molar refractivity (Wildman–Crippen MR) is 47.3 cm³/mol. The molecule has 1 aliphatic rings. The van der Waals surface area contributed by atoms with Crippen LogP contribution in [-0.2, 0) is 0 Å². The third kappa shape index (κ3) is 1.85. The van der Waals surface area contributed by atoms with Crippen LogP contribution in [0.5, 0.6) is 0 Å². The van der Waals surface area contributed by atoms with Crippen LogP contribution in [0.1, 0.15) is 26.2 Å². The van der Waals surface area contributed by atoms with Crippen LogP contribution in [0.3, 0.4) is 0 Å². The summed E-state index contributed by atoms with van der Waals surface area (Å²) >= 11 is 0. The Bertz CT molecular complexity index is 132. The lowest BCUT2D eigenvalue weighted by atomic mass is 10.2. The van der Waals surface area contributed by atoms with Gasteiger partial charge in [-0.25, -0.2) is 0 Å². The average Bonchev–Trinajstić information content (AvgIpc) is 2.29. The molecule has 0 saturated carbocycles. The molecule has 0 amide bonds. The fraction of sp³-hybridized carbons (Fsp3) is 0.875. The monoisotopic (exact) mass is 155 g/mol. The SMILES string of the molecule is CCCCC1N(C)C=NN1C. The van der Waals surface area contributed by atoms with Crippen molar-refractivity contribution in [2.75, 3.05) is 14.1 Å². The first kappa shape index (κ1) is 8.37. The molecule has 1 unspecified atom stereocenters. The van der Waals surface area contributed by atoms with Crippen LogP contribution in [0.2, 0.25) is 0 Å². The molecule has 11 heavy (non-hydrogen) atoms. The second kappa shape index (κ2) is 3.60. The van der Waals surface area contributed by atoms with Gasteiger partial charge in [-0.15, -0.1) is 0 Å². The van der Waals surface area contributed by atoms with Gasteiger partial charge < -0.3 is 4.90 Å². The molecular formula is C8H17N3. The van der Waals surface area contributed by atoms with E-state index >= 15 is 0 Å². The Morgan fingerprint density at radius 3 is 2.64 bits per heavy atom. The van der Waals surface area contributed by atoms with Gasteiger partial charge in [-0.3, -0.25) is 5.01 Å². The lowest BCUT2D eigenvalue weighted by Crippen LogP contribution is -2.34. The zero-order valence-electron chi connectivity index (χ0n) is 7.62. The average molecular weight is 155 g/mol. The van der Waals surface area contributed by atoms with Gasteiger partial charge in [0.1, 0.15) is 12.5 Å². The first-order chi connectivity index (χ1) is 5.25. The summed E-state index contributed by atoms with van der Waals surface area (Å²) in [6, 6.07) is 0. The summed E-state index contributed by atoms with van der Waals surface area (Å²) in [5, 5.41) is 6.21. The molecule has 0 radical (unpaired) electrons. The van der Waals surface area contributed by atoms with Gasteiger partial charge in [-0.2, -0.15) is 5.10 Å². The zero-order chi connectivity index (χ0) is 8.27. The maximum atomic E-state index is 4.19. The van der Waals surface area contributed by atoms with Crippen molar-refractivity contribution in [2.45, 2.75) is 32.4 Å². The molecule has 0 N–H and O–H groups in total. The largest absolute Gasteiger partial charge is 0.343 e. The minimum Gasteiger partial charge on any atom is -0.343 e. The van der Waals surface area contributed by atoms with Crippen molar-refractivity contribution in [2.24, 2.45) is 5.10 Å². The molecule has 1 atom stereocenters. The number of hydrogen-bond acceptors (Lipinski definition) is 3. The van der Waals surface area contributed by atoms with Crippen molar-refractivity contribution in [3.63, 3.8) is 0 Å². The minimum absolute atomic E-state index is 0.495. The van der Waals surface area contributed by atoms with E-state index in [1.54, 1.807) is 0 Å². The third-order valence-electron chi connectivity index (χ3n) is 2.13. The van der Waals surface area contributed by atoms with Crippen molar-refractivity contribution in [3.8, 4) is 0 Å². The van der Waals surface area contributed by atoms with Crippen LogP contribution in [0, 0.1) is 0 Å². The Balaban J connectivity index is 2.33. The summed E-state index contributed by atoms with van der Waals surface area (Å²) in [6.07, 6.45) is 6.14. The van der Waals surface area contributed by atoms with Crippen molar-refractivity contribution >= 4 is 6.34 Å². The molecule has 1 heterocycles. The number of unbranched alkanes of at least 4 members (excludes halogenated alkanes) is 1. The smallest absolute Gasteiger partial charge is 0.118 e. The fourth-order valence-corrected chi connectivity index (χ4v) is 1.36. The standard InChI is InChI=1S/C8H17N3/c1-4-5-6-8-10(2)7-9-11(8)3/h7-8H,4-6H2,1-3H3. The topological polar surface area (TPSA) is 18.8 Å². The van der Waals surface area contributed by atoms with E-state index in [-0.39, 0.29) is 0 Å². The lowest BCUT2D eigenvalue weighted by molar-refractivity contribution is 0.167. The van der Waals surface area contributed by atoms with E-state index in [9.17, 15) is 0 Å². The van der Waals surface area contributed by atoms with Crippen LogP contribution in [0.4, 0.5) is 0 Å². The van der Waals surface area contributed by atoms with E-state index < -0.39 is 0 Å². The highest BCUT2D eigenvalue weighted by molar-refractivity contribution is 5.56. The summed E-state index contributed by atoms with van der Waals surface area (Å²) < 4.78 is 0. The molecule has 0 aliphatic carbocycles. The lowest BCUT2D eigenvalue weighted by Gasteiger charge is -2.24. The Hall–Kier alpha value is -0.730. The molecule has 0 aromatic heterocycles. The second-order valence-electron chi connectivity index (χ2n) is 3.09. The molecule has 0 fully saturated rings. The molecule has 0 aromatic rings. The van der Waals surface area contributed by atoms with E-state index in [2.05, 4.69) is 24.0 Å². The molecule has 1 aliphatic heterocycles. The molecule has 0 saturated heterocycles. The van der Waals surface area contributed by atoms with E-state index in [0.717, 1.165) is 0 Å². The van der Waals surface area contributed by atoms with Crippen molar-refractivity contribution < 1.29 is 0 Å². The van der Waals surface area contributed by atoms with E-state index in [1.165, 1.54) is 19.3 Å². The first-order valence-corrected chi connectivity index (χ1v) is 4.24. The second-order valence-corrected chi connectivity index (χ2v) is 3.09. The molecule has 0 aromatic carbocycles. The number of hydrazone groups is 1. The Morgan fingerprint density at radius 1 is 1.45 bits per heavy atom. The zero-order valence-corrected chi connectivity index (χ0v) is 7.62. The van der Waals surface area contributed by atoms with E-state index in [1.807, 2.05) is 18.4 Å².